The molecule has 0 spiro atoms. The number of rotatable bonds is 18. The molecule has 65 heavy (non-hydrogen) atoms. The van der Waals surface area contributed by atoms with Crippen molar-refractivity contribution in [1.29, 1.82) is 0 Å². The van der Waals surface area contributed by atoms with Crippen LogP contribution >= 0.6 is 0 Å². The Morgan fingerprint density at radius 2 is 1.14 bits per heavy atom. The van der Waals surface area contributed by atoms with Crippen molar-refractivity contribution in [2.75, 3.05) is 13.2 Å². The molecule has 9 rings (SSSR count). The first-order valence-corrected chi connectivity index (χ1v) is 22.1. The van der Waals surface area contributed by atoms with Crippen molar-refractivity contribution in [2.24, 2.45) is 0 Å². The van der Waals surface area contributed by atoms with Crippen molar-refractivity contribution in [3.63, 3.8) is 0 Å². The summed E-state index contributed by atoms with van der Waals surface area (Å²) in [6, 6.07) is 51.3. The highest BCUT2D eigenvalue weighted by molar-refractivity contribution is 5.89. The summed E-state index contributed by atoms with van der Waals surface area (Å²) < 4.78 is 59.7. The summed E-state index contributed by atoms with van der Waals surface area (Å²) in [5.41, 5.74) is 4.09. The molecule has 336 valence electrons. The predicted octanol–water partition coefficient (Wildman–Crippen LogP) is 7.71. The third kappa shape index (κ3) is 11.2. The van der Waals surface area contributed by atoms with Crippen LogP contribution < -0.4 is 5.32 Å². The van der Waals surface area contributed by atoms with Gasteiger partial charge in [0.25, 0.3) is 0 Å². The van der Waals surface area contributed by atoms with Crippen molar-refractivity contribution >= 4 is 22.6 Å². The van der Waals surface area contributed by atoms with E-state index < -0.39 is 73.2 Å². The highest BCUT2D eigenvalue weighted by atomic mass is 16.8. The molecule has 0 aliphatic carbocycles. The Morgan fingerprint density at radius 3 is 1.80 bits per heavy atom. The number of ether oxygens (including phenoxy) is 9. The Bertz CT molecular complexity index is 2440. The lowest BCUT2D eigenvalue weighted by atomic mass is 9.94. The molecule has 3 saturated heterocycles. The Kier molecular flexibility index (Phi) is 14.7. The minimum Gasteiger partial charge on any atom is -0.453 e. The highest BCUT2D eigenvalue weighted by Crippen LogP contribution is 2.38. The number of fused-ring (bicyclic) bond motifs is 3. The van der Waals surface area contributed by atoms with Gasteiger partial charge in [-0.1, -0.05) is 146 Å². The van der Waals surface area contributed by atoms with Crippen LogP contribution in [0.25, 0.3) is 10.8 Å². The van der Waals surface area contributed by atoms with Crippen molar-refractivity contribution < 1.29 is 52.2 Å². The topological polar surface area (TPSA) is 129 Å². The quantitative estimate of drug-likeness (QED) is 0.0853. The Hall–Kier alpha value is -5.80. The number of benzene rings is 6. The Morgan fingerprint density at radius 1 is 0.569 bits per heavy atom. The van der Waals surface area contributed by atoms with E-state index in [-0.39, 0.29) is 39.6 Å². The van der Waals surface area contributed by atoms with Gasteiger partial charge in [0.2, 0.25) is 5.91 Å². The van der Waals surface area contributed by atoms with Crippen molar-refractivity contribution in [3.8, 4) is 0 Å². The molecule has 1 amide bonds. The average Bonchev–Trinajstić information content (AvgIpc) is 3.78. The van der Waals surface area contributed by atoms with Gasteiger partial charge in [-0.25, -0.2) is 4.79 Å². The van der Waals surface area contributed by atoms with Gasteiger partial charge in [0.05, 0.1) is 45.2 Å². The molecule has 0 unspecified atom stereocenters. The summed E-state index contributed by atoms with van der Waals surface area (Å²) in [4.78, 5) is 27.4. The van der Waals surface area contributed by atoms with Crippen LogP contribution in [0, 0.1) is 0 Å². The second-order valence-electron chi connectivity index (χ2n) is 16.5. The second-order valence-corrected chi connectivity index (χ2v) is 16.5. The van der Waals surface area contributed by atoms with E-state index in [9.17, 15) is 9.59 Å². The highest BCUT2D eigenvalue weighted by Gasteiger charge is 2.57. The van der Waals surface area contributed by atoms with Crippen LogP contribution in [0.5, 0.6) is 0 Å². The van der Waals surface area contributed by atoms with Crippen molar-refractivity contribution in [2.45, 2.75) is 94.7 Å². The maximum absolute atomic E-state index is 14.1. The van der Waals surface area contributed by atoms with Crippen molar-refractivity contribution in [3.05, 3.63) is 192 Å². The van der Waals surface area contributed by atoms with Crippen LogP contribution in [0.3, 0.4) is 0 Å². The molecular formula is C53H53NO11. The molecule has 12 heteroatoms. The lowest BCUT2D eigenvalue weighted by molar-refractivity contribution is -0.330. The molecule has 2 bridgehead atoms. The summed E-state index contributed by atoms with van der Waals surface area (Å²) in [5.74, 6) is -1.01. The van der Waals surface area contributed by atoms with E-state index in [1.807, 2.05) is 127 Å². The van der Waals surface area contributed by atoms with Crippen LogP contribution in [0.1, 0.15) is 39.5 Å². The number of hydrogen-bond donors (Lipinski definition) is 1. The van der Waals surface area contributed by atoms with Crippen LogP contribution in [-0.4, -0.2) is 86.4 Å². The molecule has 6 aromatic carbocycles. The van der Waals surface area contributed by atoms with Gasteiger partial charge in [0, 0.05) is 6.92 Å². The van der Waals surface area contributed by atoms with E-state index in [1.54, 1.807) is 24.3 Å². The lowest BCUT2D eigenvalue weighted by Crippen LogP contribution is -2.68. The number of esters is 1. The van der Waals surface area contributed by atoms with Crippen molar-refractivity contribution in [1.82, 2.24) is 5.32 Å². The zero-order valence-electron chi connectivity index (χ0n) is 36.1. The third-order valence-corrected chi connectivity index (χ3v) is 11.8. The zero-order chi connectivity index (χ0) is 44.4. The van der Waals surface area contributed by atoms with Gasteiger partial charge in [0.1, 0.15) is 42.7 Å². The number of amides is 1. The van der Waals surface area contributed by atoms with Crippen LogP contribution in [0.4, 0.5) is 0 Å². The van der Waals surface area contributed by atoms with E-state index in [4.69, 9.17) is 42.6 Å². The van der Waals surface area contributed by atoms with E-state index in [0.29, 0.717) is 5.56 Å². The molecule has 0 saturated carbocycles. The molecule has 6 aromatic rings. The molecule has 0 aromatic heterocycles. The monoisotopic (exact) mass is 879 g/mol. The summed E-state index contributed by atoms with van der Waals surface area (Å²) in [6.07, 6.45) is -7.81. The molecule has 12 nitrogen and oxygen atoms in total. The van der Waals surface area contributed by atoms with E-state index in [0.717, 1.165) is 33.0 Å². The van der Waals surface area contributed by atoms with Gasteiger partial charge in [-0.2, -0.15) is 0 Å². The smallest absolute Gasteiger partial charge is 0.338 e. The summed E-state index contributed by atoms with van der Waals surface area (Å²) in [6.45, 7) is 2.53. The Balaban J connectivity index is 1.06. The van der Waals surface area contributed by atoms with Crippen LogP contribution in [0.2, 0.25) is 0 Å². The maximum Gasteiger partial charge on any atom is 0.338 e. The SMILES string of the molecule is CC(=O)N[C@H]1[C@@H](O[C@@H]2[C@@H](OCc3ccccc3)[C@@H](OCc3ccccc3)[C@@H]3OC[C@@H]2O3)O[C@H](COCc2ccccc2)[C@@H](OCc2ccc3ccccc3c2)[C@@H]1OC(=O)c1ccccc1. The fourth-order valence-electron chi connectivity index (χ4n) is 8.59. The van der Waals surface area contributed by atoms with Gasteiger partial charge in [0.15, 0.2) is 18.7 Å². The molecule has 3 aliphatic rings. The molecule has 1 N–H and O–H groups in total. The largest absolute Gasteiger partial charge is 0.453 e. The molecule has 3 heterocycles. The molecule has 0 radical (unpaired) electrons. The minimum absolute atomic E-state index is 0.0237. The van der Waals surface area contributed by atoms with Crippen LogP contribution in [-0.2, 0) is 73.9 Å². The molecule has 3 fully saturated rings. The number of nitrogens with one attached hydrogen (secondary N) is 1. The van der Waals surface area contributed by atoms with E-state index in [2.05, 4.69) is 17.4 Å². The Labute approximate surface area is 378 Å². The third-order valence-electron chi connectivity index (χ3n) is 11.8. The standard InChI is InChI=1S/C53H53NO11/c1-35(55)54-45-48(64-51(56)41-23-12-5-13-24-41)46(58-32-39-26-27-40-22-14-15-25-42(40)28-39)43(33-57-29-36-16-6-2-7-17-36)62-52(45)65-47-44-34-61-53(63-44)50(60-31-38-20-10-4-11-21-38)49(47)59-30-37-18-8-3-9-19-37/h2-28,43-50,52-53H,29-34H2,1H3,(H,54,55)/t43-,44+,45-,46-,47+,48-,49-,50-,52-,53-/m1/s1. The van der Waals surface area contributed by atoms with Gasteiger partial charge in [-0.15, -0.1) is 0 Å². The van der Waals surface area contributed by atoms with E-state index in [1.165, 1.54) is 6.92 Å². The molecular weight excluding hydrogens is 827 g/mol. The number of carbonyl (C=O) groups is 2. The minimum atomic E-state index is -1.23. The second kappa shape index (κ2) is 21.5. The molecule has 3 aliphatic heterocycles. The fraction of sp³-hybridized carbons (Fsp3) is 0.321. The van der Waals surface area contributed by atoms with Gasteiger partial charge in [-0.3, -0.25) is 4.79 Å². The zero-order valence-corrected chi connectivity index (χ0v) is 36.1. The normalized spacial score (nSPS) is 26.1. The van der Waals surface area contributed by atoms with Gasteiger partial charge < -0.3 is 47.9 Å². The number of hydrogen-bond acceptors (Lipinski definition) is 11. The first-order valence-electron chi connectivity index (χ1n) is 22.1. The predicted molar refractivity (Wildman–Crippen MR) is 240 cm³/mol. The first-order chi connectivity index (χ1) is 31.9. The fourth-order valence-corrected chi connectivity index (χ4v) is 8.59. The molecule has 10 atom stereocenters. The first kappa shape index (κ1) is 44.4. The van der Waals surface area contributed by atoms with E-state index >= 15 is 0 Å². The van der Waals surface area contributed by atoms with Gasteiger partial charge in [-0.05, 0) is 51.2 Å². The average molecular weight is 880 g/mol. The lowest BCUT2D eigenvalue weighted by Gasteiger charge is -2.48. The van der Waals surface area contributed by atoms with Gasteiger partial charge >= 0.3 is 5.97 Å². The number of carbonyl (C=O) groups excluding carboxylic acids is 2. The van der Waals surface area contributed by atoms with Crippen LogP contribution in [0.15, 0.2) is 164 Å². The summed E-state index contributed by atoms with van der Waals surface area (Å²) in [5, 5.41) is 5.17. The summed E-state index contributed by atoms with van der Waals surface area (Å²) >= 11 is 0. The summed E-state index contributed by atoms with van der Waals surface area (Å²) in [7, 11) is 0. The maximum atomic E-state index is 14.1.